The molecule has 0 aromatic heterocycles. The van der Waals surface area contributed by atoms with E-state index in [2.05, 4.69) is 26.8 Å². The van der Waals surface area contributed by atoms with Crippen molar-refractivity contribution in [2.24, 2.45) is 50.2 Å². The number of aliphatic carboxylic acids is 1. The van der Waals surface area contributed by atoms with Gasteiger partial charge in [0.25, 0.3) is 0 Å². The molecule has 8 fully saturated rings. The number of carboxylic acid groups (broad SMARTS) is 1. The Bertz CT molecular complexity index is 2850. The molecular formula is C66H102O28. The second-order valence-electron chi connectivity index (χ2n) is 29.7. The Kier molecular flexibility index (Phi) is 22.0. The summed E-state index contributed by atoms with van der Waals surface area (Å²) in [6, 6.07) is 0. The first-order valence-electron chi connectivity index (χ1n) is 32.9. The maximum Gasteiger partial charge on any atom is 0.335 e. The van der Waals surface area contributed by atoms with Crippen molar-refractivity contribution in [2.75, 3.05) is 19.8 Å². The van der Waals surface area contributed by atoms with E-state index in [-0.39, 0.29) is 42.2 Å². The Labute approximate surface area is 547 Å². The van der Waals surface area contributed by atoms with E-state index in [1.54, 1.807) is 33.8 Å². The number of allylic oxidation sites excluding steroid dienone is 4. The van der Waals surface area contributed by atoms with Crippen LogP contribution in [0.25, 0.3) is 0 Å². The van der Waals surface area contributed by atoms with Crippen molar-refractivity contribution in [2.45, 2.75) is 282 Å². The predicted octanol–water partition coefficient (Wildman–Crippen LogP) is 0.0754. The van der Waals surface area contributed by atoms with Gasteiger partial charge in [-0.25, -0.2) is 14.4 Å². The van der Waals surface area contributed by atoms with Crippen molar-refractivity contribution in [1.82, 2.24) is 0 Å². The van der Waals surface area contributed by atoms with Crippen LogP contribution in [0.2, 0.25) is 0 Å². The van der Waals surface area contributed by atoms with E-state index in [9.17, 15) is 85.6 Å². The van der Waals surface area contributed by atoms with Gasteiger partial charge in [-0.05, 0) is 126 Å². The Balaban J connectivity index is 1.02. The highest BCUT2D eigenvalue weighted by Gasteiger charge is 2.74. The number of aliphatic hydroxyl groups excluding tert-OH is 12. The van der Waals surface area contributed by atoms with Crippen LogP contribution in [0.3, 0.4) is 0 Å². The smallest absolute Gasteiger partial charge is 0.335 e. The van der Waals surface area contributed by atoms with Gasteiger partial charge in [-0.15, -0.1) is 0 Å². The third-order valence-corrected chi connectivity index (χ3v) is 24.0. The lowest BCUT2D eigenvalue weighted by Gasteiger charge is -2.72. The molecule has 28 heteroatoms. The normalized spacial score (nSPS) is 49.5. The van der Waals surface area contributed by atoms with Gasteiger partial charge in [0.05, 0.1) is 55.3 Å². The maximum atomic E-state index is 13.4. The molecule has 4 saturated carbocycles. The van der Waals surface area contributed by atoms with E-state index >= 15 is 0 Å². The van der Waals surface area contributed by atoms with Crippen molar-refractivity contribution in [3.05, 3.63) is 34.9 Å². The molecular weight excluding hydrogens is 1240 g/mol. The average Bonchev–Trinajstić information content (AvgIpc) is 0.664. The number of fused-ring (bicyclic) bond motifs is 7. The van der Waals surface area contributed by atoms with Crippen LogP contribution < -0.4 is 0 Å². The van der Waals surface area contributed by atoms with Crippen molar-refractivity contribution in [3.63, 3.8) is 0 Å². The number of hydrogen-bond acceptors (Lipinski definition) is 27. The fraction of sp³-hybridized carbons (Fsp3) is 0.848. The number of carboxylic acids is 1. The first-order valence-corrected chi connectivity index (χ1v) is 32.9. The summed E-state index contributed by atoms with van der Waals surface area (Å²) in [7, 11) is 0. The van der Waals surface area contributed by atoms with Gasteiger partial charge in [-0.2, -0.15) is 0 Å². The minimum absolute atomic E-state index is 0.0776. The molecule has 94 heavy (non-hydrogen) atoms. The molecule has 0 spiro atoms. The first-order chi connectivity index (χ1) is 43.9. The largest absolute Gasteiger partial charge is 0.479 e. The fourth-order valence-corrected chi connectivity index (χ4v) is 18.0. The van der Waals surface area contributed by atoms with Crippen LogP contribution in [-0.2, 0) is 71.3 Å². The van der Waals surface area contributed by atoms with Crippen LogP contribution in [0.4, 0.5) is 0 Å². The van der Waals surface area contributed by atoms with E-state index in [0.29, 0.717) is 25.7 Å². The van der Waals surface area contributed by atoms with E-state index in [4.69, 9.17) is 52.1 Å². The van der Waals surface area contributed by atoms with Crippen LogP contribution >= 0.6 is 0 Å². The molecule has 5 aliphatic carbocycles. The Hall–Kier alpha value is -3.70. The van der Waals surface area contributed by atoms with E-state index in [1.807, 2.05) is 20.8 Å². The lowest BCUT2D eigenvalue weighted by atomic mass is 9.33. The number of carbonyl (C=O) groups is 4. The van der Waals surface area contributed by atoms with Gasteiger partial charge < -0.3 is 118 Å². The molecule has 534 valence electrons. The second-order valence-corrected chi connectivity index (χ2v) is 29.7. The zero-order valence-electron chi connectivity index (χ0n) is 55.8. The standard InChI is InChI=1S/C66H102O28/c1-14-27(3)55(82)89-47-30(6)86-59(46(78)49(47)90-56(83)28(4)15-2)94-53-52(79)66(26-84-31(7)69)33(22-61(53,8)9)32-16-17-36-62(10)20-19-38(63(11,25-68)35(62)18-21-64(36,12)65(32,13)23-37(66)70)88-60-51(93-58-44(76)42(74)40(72)34(24-67)87-58)48(45(77)50(92-60)54(80)81)91-57-43(75)41(73)39(71)29(5)85-57/h14-16,29-30,33-53,57-60,67-68,70-79H,17-26H2,1-13H3,(H,80,81)/b27-14-,28-15-/t29-,30+,33-,34+,35+,36+,37+,38-,39-,40-,41+,42-,43+,44+,45-,46+,47+,48-,49+,50-,51+,52-,53-,57-,58-,59-,60+,62-,63+,64+,65+,66-/m0/s1. The van der Waals surface area contributed by atoms with Gasteiger partial charge >= 0.3 is 23.9 Å². The van der Waals surface area contributed by atoms with Crippen LogP contribution in [0.15, 0.2) is 34.9 Å². The summed E-state index contributed by atoms with van der Waals surface area (Å²) in [5.41, 5.74) is -4.39. The van der Waals surface area contributed by atoms with E-state index < -0.39 is 229 Å². The predicted molar refractivity (Wildman–Crippen MR) is 322 cm³/mol. The number of esters is 3. The average molecular weight is 1340 g/mol. The Morgan fingerprint density at radius 2 is 1.18 bits per heavy atom. The number of aliphatic hydroxyl groups is 12. The SMILES string of the molecule is C/C=C(/C)C(=O)O[C@@H]1[C@@H](O)[C@H](O[C@H]2[C@H](O)[C@]3(COC(C)=O)[C@H](O)C[C@]4(C)C(=CC[C@@H]5[C@@]6(C)CC[C@H](O[C@@H]7O[C@H](C(=O)O)[C@@H](O)[C@H](O[C@@H]8O[C@@H](C)[C@H](O)[C@@H](O)[C@H]8O)[C@H]7O[C@@H]7O[C@H](CO)[C@H](O)[C@H](O)[C@H]7O)[C@](C)(CO)[C@@H]6CC[C@]54C)[C@@H]3CC2(C)C)O[C@H](C)[C@H]1OC(=O)/C(C)=C\C. The molecule has 0 amide bonds. The van der Waals surface area contributed by atoms with E-state index in [1.165, 1.54) is 26.8 Å². The zero-order valence-corrected chi connectivity index (χ0v) is 55.8. The molecule has 9 rings (SSSR count). The molecule has 4 heterocycles. The summed E-state index contributed by atoms with van der Waals surface area (Å²) in [6.07, 6.45) is -32.7. The number of rotatable bonds is 17. The minimum atomic E-state index is -2.19. The summed E-state index contributed by atoms with van der Waals surface area (Å²) in [5, 5.41) is 148. The monoisotopic (exact) mass is 1340 g/mol. The number of carbonyl (C=O) groups excluding carboxylic acids is 3. The molecule has 0 bridgehead atoms. The lowest BCUT2D eigenvalue weighted by molar-refractivity contribution is -0.396. The molecule has 0 aromatic rings. The first kappa shape index (κ1) is 74.5. The third-order valence-electron chi connectivity index (χ3n) is 24.0. The van der Waals surface area contributed by atoms with Crippen LogP contribution in [0.1, 0.15) is 135 Å². The van der Waals surface area contributed by atoms with Crippen LogP contribution in [-0.4, -0.2) is 257 Å². The van der Waals surface area contributed by atoms with E-state index in [0.717, 1.165) is 5.57 Å². The van der Waals surface area contributed by atoms with Crippen molar-refractivity contribution in [3.8, 4) is 0 Å². The minimum Gasteiger partial charge on any atom is -0.479 e. The Morgan fingerprint density at radius 1 is 0.606 bits per heavy atom. The van der Waals surface area contributed by atoms with Crippen molar-refractivity contribution >= 4 is 23.9 Å². The highest BCUT2D eigenvalue weighted by atomic mass is 16.8. The summed E-state index contributed by atoms with van der Waals surface area (Å²) in [4.78, 5) is 52.5. The summed E-state index contributed by atoms with van der Waals surface area (Å²) >= 11 is 0. The maximum absolute atomic E-state index is 13.4. The summed E-state index contributed by atoms with van der Waals surface area (Å²) in [5.74, 6) is -5.05. The fourth-order valence-electron chi connectivity index (χ4n) is 18.0. The molecule has 9 aliphatic rings. The molecule has 0 aromatic carbocycles. The van der Waals surface area contributed by atoms with Gasteiger partial charge in [-0.1, -0.05) is 65.3 Å². The molecule has 4 saturated heterocycles. The van der Waals surface area contributed by atoms with Crippen molar-refractivity contribution < 1.29 is 138 Å². The zero-order chi connectivity index (χ0) is 69.6. The van der Waals surface area contributed by atoms with Gasteiger partial charge in [-0.3, -0.25) is 4.79 Å². The summed E-state index contributed by atoms with van der Waals surface area (Å²) < 4.78 is 67.3. The van der Waals surface area contributed by atoms with Crippen molar-refractivity contribution in [1.29, 1.82) is 0 Å². The number of ether oxygens (including phenoxy) is 11. The molecule has 0 unspecified atom stereocenters. The van der Waals surface area contributed by atoms with Crippen LogP contribution in [0.5, 0.6) is 0 Å². The molecule has 32 atom stereocenters. The molecule has 28 nitrogen and oxygen atoms in total. The quantitative estimate of drug-likeness (QED) is 0.0301. The van der Waals surface area contributed by atoms with Gasteiger partial charge in [0.2, 0.25) is 0 Å². The topological polar surface area (TPSA) is 433 Å². The molecule has 13 N–H and O–H groups in total. The summed E-state index contributed by atoms with van der Waals surface area (Å²) in [6.45, 7) is 20.8. The Morgan fingerprint density at radius 3 is 1.77 bits per heavy atom. The van der Waals surface area contributed by atoms with Gasteiger partial charge in [0, 0.05) is 23.5 Å². The number of hydrogen-bond donors (Lipinski definition) is 13. The second kappa shape index (κ2) is 27.8. The third kappa shape index (κ3) is 12.6. The van der Waals surface area contributed by atoms with Crippen LogP contribution in [0, 0.1) is 50.2 Å². The lowest BCUT2D eigenvalue weighted by Crippen LogP contribution is -2.73. The highest BCUT2D eigenvalue weighted by molar-refractivity contribution is 5.88. The van der Waals surface area contributed by atoms with Gasteiger partial charge in [0.15, 0.2) is 43.5 Å². The van der Waals surface area contributed by atoms with Gasteiger partial charge in [0.1, 0.15) is 73.8 Å². The molecule has 4 aliphatic heterocycles. The highest BCUT2D eigenvalue weighted by Crippen LogP contribution is 2.76. The molecule has 0 radical (unpaired) electrons.